The molecule has 1 atom stereocenters. The Kier molecular flexibility index (Phi) is 6.95. The lowest BCUT2D eigenvalue weighted by molar-refractivity contribution is 0.0380. The molecule has 0 aromatic carbocycles. The van der Waals surface area contributed by atoms with Crippen LogP contribution in [0.25, 0.3) is 0 Å². The lowest BCUT2D eigenvalue weighted by Gasteiger charge is -2.26. The van der Waals surface area contributed by atoms with Gasteiger partial charge in [-0.05, 0) is 31.2 Å². The van der Waals surface area contributed by atoms with Crippen LogP contribution in [0.4, 0.5) is 0 Å². The Bertz CT molecular complexity index is 565. The van der Waals surface area contributed by atoms with Gasteiger partial charge in [0.15, 0.2) is 5.96 Å². The Hall–Kier alpha value is -1.48. The largest absolute Gasteiger partial charge is 0.467 e. The summed E-state index contributed by atoms with van der Waals surface area (Å²) in [7, 11) is 3.60. The molecule has 0 aliphatic carbocycles. The van der Waals surface area contributed by atoms with Crippen LogP contribution in [-0.4, -0.2) is 36.6 Å². The molecular formula is C15H22IN3O3. The normalized spacial score (nSPS) is 14.1. The third-order valence-electron chi connectivity index (χ3n) is 3.19. The first kappa shape index (κ1) is 18.6. The average Bonchev–Trinajstić information content (AvgIpc) is 3.12. The number of halogens is 1. The summed E-state index contributed by atoms with van der Waals surface area (Å²) in [4.78, 5) is 6.11. The van der Waals surface area contributed by atoms with Crippen molar-refractivity contribution in [3.8, 4) is 0 Å². The first-order valence-corrected chi connectivity index (χ1v) is 6.73. The molecule has 2 heterocycles. The first-order chi connectivity index (χ1) is 10.0. The van der Waals surface area contributed by atoms with Gasteiger partial charge in [0.25, 0.3) is 0 Å². The second-order valence-electron chi connectivity index (χ2n) is 5.09. The third kappa shape index (κ3) is 4.77. The molecule has 0 spiro atoms. The number of aliphatic imine (C=N–C) groups is 1. The highest BCUT2D eigenvalue weighted by Gasteiger charge is 2.26. The van der Waals surface area contributed by atoms with Crippen LogP contribution in [0, 0.1) is 0 Å². The van der Waals surface area contributed by atoms with E-state index in [0.717, 1.165) is 5.76 Å². The van der Waals surface area contributed by atoms with E-state index in [2.05, 4.69) is 10.3 Å². The van der Waals surface area contributed by atoms with E-state index in [1.165, 1.54) is 0 Å². The van der Waals surface area contributed by atoms with Gasteiger partial charge in [0, 0.05) is 14.1 Å². The molecule has 0 amide bonds. The zero-order valence-electron chi connectivity index (χ0n) is 12.9. The number of rotatable bonds is 5. The summed E-state index contributed by atoms with van der Waals surface area (Å²) >= 11 is 0. The fourth-order valence-electron chi connectivity index (χ4n) is 2.02. The second-order valence-corrected chi connectivity index (χ2v) is 5.09. The first-order valence-electron chi connectivity index (χ1n) is 6.73. The van der Waals surface area contributed by atoms with Gasteiger partial charge < -0.3 is 24.2 Å². The smallest absolute Gasteiger partial charge is 0.193 e. The molecule has 0 fully saturated rings. The van der Waals surface area contributed by atoms with Crippen molar-refractivity contribution < 1.29 is 13.9 Å². The molecule has 2 aromatic rings. The van der Waals surface area contributed by atoms with Crippen molar-refractivity contribution in [3.05, 3.63) is 48.3 Å². The van der Waals surface area contributed by atoms with Crippen LogP contribution in [0.3, 0.4) is 0 Å². The zero-order valence-corrected chi connectivity index (χ0v) is 15.3. The van der Waals surface area contributed by atoms with Crippen molar-refractivity contribution >= 4 is 29.9 Å². The number of furan rings is 2. The van der Waals surface area contributed by atoms with Crippen molar-refractivity contribution in [3.63, 3.8) is 0 Å². The topological polar surface area (TPSA) is 74.1 Å². The second kappa shape index (κ2) is 8.23. The van der Waals surface area contributed by atoms with E-state index in [9.17, 15) is 5.11 Å². The number of hydrogen-bond donors (Lipinski definition) is 2. The minimum absolute atomic E-state index is 0. The molecule has 0 bridgehead atoms. The van der Waals surface area contributed by atoms with Crippen molar-refractivity contribution in [1.82, 2.24) is 10.2 Å². The zero-order chi connectivity index (χ0) is 15.3. The highest BCUT2D eigenvalue weighted by atomic mass is 127. The minimum atomic E-state index is -1.11. The van der Waals surface area contributed by atoms with Crippen molar-refractivity contribution in [2.24, 2.45) is 4.99 Å². The Labute approximate surface area is 147 Å². The van der Waals surface area contributed by atoms with Gasteiger partial charge in [0.1, 0.15) is 17.1 Å². The SMILES string of the molecule is CN=C(NCC(C)(O)c1ccco1)N(C)Cc1ccco1.I. The number of aliphatic hydroxyl groups is 1. The number of guanidine groups is 1. The lowest BCUT2D eigenvalue weighted by atomic mass is 10.0. The molecule has 2 N–H and O–H groups in total. The molecule has 2 aromatic heterocycles. The summed E-state index contributed by atoms with van der Waals surface area (Å²) < 4.78 is 10.6. The third-order valence-corrected chi connectivity index (χ3v) is 3.19. The molecular weight excluding hydrogens is 397 g/mol. The lowest BCUT2D eigenvalue weighted by Crippen LogP contribution is -2.44. The molecule has 2 rings (SSSR count). The van der Waals surface area contributed by atoms with Gasteiger partial charge in [-0.3, -0.25) is 4.99 Å². The Morgan fingerprint density at radius 3 is 2.55 bits per heavy atom. The molecule has 0 radical (unpaired) electrons. The van der Waals surface area contributed by atoms with E-state index in [4.69, 9.17) is 8.83 Å². The van der Waals surface area contributed by atoms with Gasteiger partial charge in [-0.25, -0.2) is 0 Å². The highest BCUT2D eigenvalue weighted by Crippen LogP contribution is 2.19. The van der Waals surface area contributed by atoms with Crippen LogP contribution < -0.4 is 5.32 Å². The Morgan fingerprint density at radius 1 is 1.32 bits per heavy atom. The molecule has 1 unspecified atom stereocenters. The van der Waals surface area contributed by atoms with E-state index in [-0.39, 0.29) is 30.5 Å². The van der Waals surface area contributed by atoms with E-state index >= 15 is 0 Å². The molecule has 22 heavy (non-hydrogen) atoms. The number of nitrogens with zero attached hydrogens (tertiary/aromatic N) is 2. The van der Waals surface area contributed by atoms with Gasteiger partial charge in [0.2, 0.25) is 0 Å². The monoisotopic (exact) mass is 419 g/mol. The highest BCUT2D eigenvalue weighted by molar-refractivity contribution is 14.0. The van der Waals surface area contributed by atoms with E-state index in [1.807, 2.05) is 24.1 Å². The van der Waals surface area contributed by atoms with Crippen LogP contribution in [0.5, 0.6) is 0 Å². The average molecular weight is 419 g/mol. The summed E-state index contributed by atoms with van der Waals surface area (Å²) in [6.07, 6.45) is 3.18. The molecule has 7 heteroatoms. The van der Waals surface area contributed by atoms with E-state index in [0.29, 0.717) is 18.3 Å². The van der Waals surface area contributed by atoms with Gasteiger partial charge >= 0.3 is 0 Å². The maximum atomic E-state index is 10.4. The maximum Gasteiger partial charge on any atom is 0.193 e. The molecule has 0 aliphatic rings. The molecule has 0 saturated heterocycles. The number of nitrogens with one attached hydrogen (secondary N) is 1. The van der Waals surface area contributed by atoms with Crippen LogP contribution in [0.15, 0.2) is 50.6 Å². The van der Waals surface area contributed by atoms with E-state index in [1.54, 1.807) is 38.6 Å². The fraction of sp³-hybridized carbons (Fsp3) is 0.400. The van der Waals surface area contributed by atoms with Crippen molar-refractivity contribution in [2.45, 2.75) is 19.1 Å². The van der Waals surface area contributed by atoms with Crippen molar-refractivity contribution in [2.75, 3.05) is 20.6 Å². The van der Waals surface area contributed by atoms with Gasteiger partial charge in [-0.2, -0.15) is 0 Å². The predicted octanol–water partition coefficient (Wildman–Crippen LogP) is 2.41. The molecule has 122 valence electrons. The predicted molar refractivity (Wildman–Crippen MR) is 95.2 cm³/mol. The van der Waals surface area contributed by atoms with Gasteiger partial charge in [-0.1, -0.05) is 0 Å². The van der Waals surface area contributed by atoms with Crippen molar-refractivity contribution in [1.29, 1.82) is 0 Å². The fourth-order valence-corrected chi connectivity index (χ4v) is 2.02. The minimum Gasteiger partial charge on any atom is -0.467 e. The summed E-state index contributed by atoms with van der Waals surface area (Å²) in [5.74, 6) is 2.02. The number of hydrogen-bond acceptors (Lipinski definition) is 4. The quantitative estimate of drug-likeness (QED) is 0.443. The summed E-state index contributed by atoms with van der Waals surface area (Å²) in [6.45, 7) is 2.57. The van der Waals surface area contributed by atoms with Crippen LogP contribution in [0.2, 0.25) is 0 Å². The van der Waals surface area contributed by atoms with Gasteiger partial charge in [-0.15, -0.1) is 24.0 Å². The maximum absolute atomic E-state index is 10.4. The van der Waals surface area contributed by atoms with Crippen LogP contribution in [0.1, 0.15) is 18.4 Å². The Balaban J connectivity index is 0.00000242. The van der Waals surface area contributed by atoms with Gasteiger partial charge in [0.05, 0.1) is 25.6 Å². The standard InChI is InChI=1S/C15H21N3O3.HI/c1-15(19,13-7-5-9-21-13)11-17-14(16-2)18(3)10-12-6-4-8-20-12;/h4-9,19H,10-11H2,1-3H3,(H,16,17);1H. The summed E-state index contributed by atoms with van der Waals surface area (Å²) in [5, 5.41) is 13.5. The van der Waals surface area contributed by atoms with Crippen LogP contribution in [-0.2, 0) is 12.1 Å². The Morgan fingerprint density at radius 2 is 2.00 bits per heavy atom. The summed E-state index contributed by atoms with van der Waals surface area (Å²) in [5.41, 5.74) is -1.11. The molecule has 0 aliphatic heterocycles. The van der Waals surface area contributed by atoms with Crippen LogP contribution >= 0.6 is 24.0 Å². The summed E-state index contributed by atoms with van der Waals surface area (Å²) in [6, 6.07) is 7.25. The molecule has 0 saturated carbocycles. The molecule has 6 nitrogen and oxygen atoms in total. The van der Waals surface area contributed by atoms with E-state index < -0.39 is 5.60 Å².